The first-order chi connectivity index (χ1) is 8.04. The summed E-state index contributed by atoms with van der Waals surface area (Å²) in [6.07, 6.45) is 0.492. The summed E-state index contributed by atoms with van der Waals surface area (Å²) in [5.74, 6) is -1.64. The molecule has 1 aromatic carbocycles. The van der Waals surface area contributed by atoms with Crippen molar-refractivity contribution in [2.75, 3.05) is 7.11 Å². The normalized spacial score (nSPS) is 10.0. The highest BCUT2D eigenvalue weighted by atomic mass is 19.1. The van der Waals surface area contributed by atoms with Gasteiger partial charge >= 0.3 is 5.97 Å². The number of rotatable bonds is 5. The molecule has 0 aliphatic carbocycles. The predicted octanol–water partition coefficient (Wildman–Crippen LogP) is 2.06. The van der Waals surface area contributed by atoms with Gasteiger partial charge in [0.2, 0.25) is 0 Å². The van der Waals surface area contributed by atoms with Gasteiger partial charge in [0.15, 0.2) is 5.78 Å². The van der Waals surface area contributed by atoms with E-state index in [0.717, 1.165) is 18.2 Å². The van der Waals surface area contributed by atoms with Gasteiger partial charge in [-0.1, -0.05) is 0 Å². The molecule has 0 spiro atoms. The molecule has 0 saturated carbocycles. The Bertz CT molecular complexity index is 429. The summed E-state index contributed by atoms with van der Waals surface area (Å²) in [4.78, 5) is 22.4. The fourth-order valence-electron chi connectivity index (χ4n) is 1.36. The van der Waals surface area contributed by atoms with Gasteiger partial charge in [-0.3, -0.25) is 9.59 Å². The van der Waals surface area contributed by atoms with Gasteiger partial charge in [0.25, 0.3) is 0 Å². The molecular formula is C12H13FO4. The van der Waals surface area contributed by atoms with Gasteiger partial charge in [-0.25, -0.2) is 4.39 Å². The molecule has 0 bridgehead atoms. The number of hydrogen-bond acceptors (Lipinski definition) is 4. The predicted molar refractivity (Wildman–Crippen MR) is 58.3 cm³/mol. The van der Waals surface area contributed by atoms with Crippen molar-refractivity contribution < 1.29 is 23.8 Å². The molecule has 5 heteroatoms. The highest BCUT2D eigenvalue weighted by Gasteiger charge is 2.12. The number of Topliss-reactive ketones (excluding diaryl/α,β-unsaturated/α-hetero) is 1. The molecule has 0 aliphatic rings. The second-order valence-electron chi connectivity index (χ2n) is 3.51. The molecule has 1 rings (SSSR count). The number of halogens is 1. The van der Waals surface area contributed by atoms with Crippen LogP contribution in [0.3, 0.4) is 0 Å². The molecule has 0 amide bonds. The van der Waals surface area contributed by atoms with Crippen molar-refractivity contribution in [3.05, 3.63) is 29.6 Å². The molecule has 0 saturated heterocycles. The van der Waals surface area contributed by atoms with Crippen LogP contribution in [-0.4, -0.2) is 24.0 Å². The van der Waals surface area contributed by atoms with E-state index in [1.807, 2.05) is 0 Å². The van der Waals surface area contributed by atoms with Crippen LogP contribution in [-0.2, 0) is 9.53 Å². The summed E-state index contributed by atoms with van der Waals surface area (Å²) in [5, 5.41) is 9.38. The second-order valence-corrected chi connectivity index (χ2v) is 3.51. The zero-order valence-electron chi connectivity index (χ0n) is 9.40. The first-order valence-electron chi connectivity index (χ1n) is 5.13. The molecule has 4 nitrogen and oxygen atoms in total. The number of hydrogen-bond donors (Lipinski definition) is 1. The van der Waals surface area contributed by atoms with E-state index in [1.54, 1.807) is 0 Å². The van der Waals surface area contributed by atoms with Crippen LogP contribution in [0.15, 0.2) is 18.2 Å². The van der Waals surface area contributed by atoms with Crippen molar-refractivity contribution in [3.8, 4) is 5.75 Å². The molecule has 0 heterocycles. The number of esters is 1. The monoisotopic (exact) mass is 240 g/mol. The van der Waals surface area contributed by atoms with E-state index in [1.165, 1.54) is 7.11 Å². The van der Waals surface area contributed by atoms with Crippen molar-refractivity contribution in [1.29, 1.82) is 0 Å². The third-order valence-electron chi connectivity index (χ3n) is 2.27. The van der Waals surface area contributed by atoms with Crippen molar-refractivity contribution in [3.63, 3.8) is 0 Å². The largest absolute Gasteiger partial charge is 0.507 e. The molecule has 0 atom stereocenters. The molecule has 1 aromatic rings. The van der Waals surface area contributed by atoms with Crippen LogP contribution in [0.4, 0.5) is 4.39 Å². The number of ether oxygens (including phenoxy) is 1. The number of phenolic OH excluding ortho intramolecular Hbond substituents is 1. The van der Waals surface area contributed by atoms with Crippen LogP contribution < -0.4 is 0 Å². The molecule has 17 heavy (non-hydrogen) atoms. The third-order valence-corrected chi connectivity index (χ3v) is 2.27. The average Bonchev–Trinajstić information content (AvgIpc) is 2.31. The van der Waals surface area contributed by atoms with Crippen LogP contribution in [0, 0.1) is 5.82 Å². The summed E-state index contributed by atoms with van der Waals surface area (Å²) in [7, 11) is 1.27. The fraction of sp³-hybridized carbons (Fsp3) is 0.333. The lowest BCUT2D eigenvalue weighted by Crippen LogP contribution is -2.04. The van der Waals surface area contributed by atoms with E-state index in [9.17, 15) is 19.1 Å². The number of ketones is 1. The Labute approximate surface area is 98.0 Å². The molecule has 0 fully saturated rings. The van der Waals surface area contributed by atoms with E-state index < -0.39 is 17.6 Å². The molecule has 1 N–H and O–H groups in total. The summed E-state index contributed by atoms with van der Waals surface area (Å²) < 4.78 is 17.3. The van der Waals surface area contributed by atoms with Gasteiger partial charge in [-0.2, -0.15) is 0 Å². The number of methoxy groups -OCH3 is 1. The summed E-state index contributed by atoms with van der Waals surface area (Å²) in [6, 6.07) is 3.18. The molecule has 0 radical (unpaired) electrons. The SMILES string of the molecule is COC(=O)CCCC(=O)c1cc(F)ccc1O. The van der Waals surface area contributed by atoms with Crippen LogP contribution in [0.2, 0.25) is 0 Å². The second kappa shape index (κ2) is 5.98. The van der Waals surface area contributed by atoms with E-state index in [4.69, 9.17) is 0 Å². The van der Waals surface area contributed by atoms with E-state index in [-0.39, 0.29) is 24.2 Å². The van der Waals surface area contributed by atoms with Gasteiger partial charge in [0.05, 0.1) is 12.7 Å². The Kier molecular flexibility index (Phi) is 4.63. The third kappa shape index (κ3) is 3.86. The van der Waals surface area contributed by atoms with Crippen molar-refractivity contribution >= 4 is 11.8 Å². The van der Waals surface area contributed by atoms with Crippen molar-refractivity contribution in [2.45, 2.75) is 19.3 Å². The lowest BCUT2D eigenvalue weighted by Gasteiger charge is -2.03. The van der Waals surface area contributed by atoms with Crippen molar-refractivity contribution in [2.24, 2.45) is 0 Å². The van der Waals surface area contributed by atoms with E-state index in [0.29, 0.717) is 6.42 Å². The van der Waals surface area contributed by atoms with Gasteiger partial charge in [0.1, 0.15) is 11.6 Å². The van der Waals surface area contributed by atoms with Gasteiger partial charge in [0, 0.05) is 12.8 Å². The topological polar surface area (TPSA) is 63.6 Å². The number of benzene rings is 1. The van der Waals surface area contributed by atoms with Crippen LogP contribution in [0.1, 0.15) is 29.6 Å². The maximum Gasteiger partial charge on any atom is 0.305 e. The van der Waals surface area contributed by atoms with Crippen LogP contribution in [0.25, 0.3) is 0 Å². The fourth-order valence-corrected chi connectivity index (χ4v) is 1.36. The van der Waals surface area contributed by atoms with E-state index >= 15 is 0 Å². The number of aromatic hydroxyl groups is 1. The molecule has 0 aromatic heterocycles. The minimum absolute atomic E-state index is 0.0603. The first-order valence-corrected chi connectivity index (χ1v) is 5.13. The van der Waals surface area contributed by atoms with Gasteiger partial charge < -0.3 is 9.84 Å². The number of carbonyl (C=O) groups excluding carboxylic acids is 2. The Balaban J connectivity index is 2.58. The number of phenols is 1. The summed E-state index contributed by atoms with van der Waals surface area (Å²) >= 11 is 0. The Morgan fingerprint density at radius 2 is 2.06 bits per heavy atom. The molecule has 0 unspecified atom stereocenters. The summed E-state index contributed by atoms with van der Waals surface area (Å²) in [6.45, 7) is 0. The van der Waals surface area contributed by atoms with Crippen LogP contribution in [0.5, 0.6) is 5.75 Å². The molecule has 0 aliphatic heterocycles. The smallest absolute Gasteiger partial charge is 0.305 e. The van der Waals surface area contributed by atoms with Gasteiger partial charge in [-0.15, -0.1) is 0 Å². The van der Waals surface area contributed by atoms with Crippen molar-refractivity contribution in [1.82, 2.24) is 0 Å². The number of carbonyl (C=O) groups is 2. The average molecular weight is 240 g/mol. The zero-order valence-corrected chi connectivity index (χ0v) is 9.40. The highest BCUT2D eigenvalue weighted by Crippen LogP contribution is 2.20. The maximum absolute atomic E-state index is 12.9. The standard InChI is InChI=1S/C12H13FO4/c1-17-12(16)4-2-3-10(14)9-7-8(13)5-6-11(9)15/h5-7,15H,2-4H2,1H3. The quantitative estimate of drug-likeness (QED) is 0.632. The van der Waals surface area contributed by atoms with E-state index in [2.05, 4.69) is 4.74 Å². The Morgan fingerprint density at radius 1 is 1.35 bits per heavy atom. The Hall–Kier alpha value is -1.91. The maximum atomic E-state index is 12.9. The van der Waals surface area contributed by atoms with Gasteiger partial charge in [-0.05, 0) is 24.6 Å². The molecule has 92 valence electrons. The first kappa shape index (κ1) is 13.2. The Morgan fingerprint density at radius 3 is 2.71 bits per heavy atom. The lowest BCUT2D eigenvalue weighted by atomic mass is 10.0. The summed E-state index contributed by atoms with van der Waals surface area (Å²) in [5.41, 5.74) is -0.0603. The van der Waals surface area contributed by atoms with Crippen LogP contribution >= 0.6 is 0 Å². The zero-order chi connectivity index (χ0) is 12.8. The minimum atomic E-state index is -0.584. The molecular weight excluding hydrogens is 227 g/mol. The minimum Gasteiger partial charge on any atom is -0.507 e. The highest BCUT2D eigenvalue weighted by molar-refractivity contribution is 5.98. The lowest BCUT2D eigenvalue weighted by molar-refractivity contribution is -0.140.